The van der Waals surface area contributed by atoms with Crippen molar-refractivity contribution in [3.63, 3.8) is 0 Å². The van der Waals surface area contributed by atoms with Gasteiger partial charge in [-0.3, -0.25) is 4.79 Å². The summed E-state index contributed by atoms with van der Waals surface area (Å²) in [4.78, 5) is 12.6. The van der Waals surface area contributed by atoms with E-state index in [2.05, 4.69) is 5.32 Å². The highest BCUT2D eigenvalue weighted by Crippen LogP contribution is 2.30. The van der Waals surface area contributed by atoms with Gasteiger partial charge in [0.15, 0.2) is 0 Å². The number of amides is 1. The van der Waals surface area contributed by atoms with Crippen molar-refractivity contribution in [3.8, 4) is 5.75 Å². The summed E-state index contributed by atoms with van der Waals surface area (Å²) >= 11 is 5.99. The predicted octanol–water partition coefficient (Wildman–Crippen LogP) is 4.06. The number of anilines is 1. The van der Waals surface area contributed by atoms with Crippen molar-refractivity contribution >= 4 is 33.2 Å². The van der Waals surface area contributed by atoms with Crippen LogP contribution < -0.4 is 10.1 Å². The number of halogens is 2. The van der Waals surface area contributed by atoms with E-state index in [1.54, 1.807) is 18.2 Å². The van der Waals surface area contributed by atoms with Crippen molar-refractivity contribution < 1.29 is 22.3 Å². The van der Waals surface area contributed by atoms with Crippen molar-refractivity contribution in [3.05, 3.63) is 53.3 Å². The van der Waals surface area contributed by atoms with Crippen LogP contribution in [0.1, 0.15) is 25.7 Å². The maximum atomic E-state index is 13.2. The zero-order chi connectivity index (χ0) is 21.0. The standard InChI is InChI=1S/C20H22ClFN2O4S/c1-28-19-10-5-14(21)12-18(19)23-20(25)13-16-4-2-3-11-24(16)29(26,27)17-8-6-15(22)7-9-17/h5-10,12,16H,2-4,11,13H2,1H3,(H,23,25)/t16-/m0/s1. The molecule has 2 aromatic carbocycles. The summed E-state index contributed by atoms with van der Waals surface area (Å²) < 4.78 is 45.8. The highest BCUT2D eigenvalue weighted by atomic mass is 35.5. The van der Waals surface area contributed by atoms with Gasteiger partial charge in [0.05, 0.1) is 17.7 Å². The monoisotopic (exact) mass is 440 g/mol. The van der Waals surface area contributed by atoms with E-state index >= 15 is 0 Å². The lowest BCUT2D eigenvalue weighted by Gasteiger charge is -2.34. The molecule has 0 saturated carbocycles. The maximum absolute atomic E-state index is 13.2. The van der Waals surface area contributed by atoms with Crippen molar-refractivity contribution in [2.24, 2.45) is 0 Å². The van der Waals surface area contributed by atoms with Crippen LogP contribution in [0.2, 0.25) is 5.02 Å². The topological polar surface area (TPSA) is 75.7 Å². The molecule has 1 saturated heterocycles. The minimum Gasteiger partial charge on any atom is -0.495 e. The van der Waals surface area contributed by atoms with Gasteiger partial charge in [0.1, 0.15) is 11.6 Å². The lowest BCUT2D eigenvalue weighted by atomic mass is 10.0. The van der Waals surface area contributed by atoms with Crippen molar-refractivity contribution in [2.75, 3.05) is 19.0 Å². The fourth-order valence-corrected chi connectivity index (χ4v) is 5.29. The molecular weight excluding hydrogens is 419 g/mol. The average molecular weight is 441 g/mol. The Hall–Kier alpha value is -2.16. The van der Waals surface area contributed by atoms with E-state index in [-0.39, 0.29) is 17.2 Å². The number of hydrogen-bond acceptors (Lipinski definition) is 4. The van der Waals surface area contributed by atoms with E-state index < -0.39 is 21.9 Å². The Bertz CT molecular complexity index is 982. The largest absolute Gasteiger partial charge is 0.495 e. The number of piperidine rings is 1. The molecule has 0 spiro atoms. The Labute approximate surface area is 174 Å². The molecule has 2 aromatic rings. The van der Waals surface area contributed by atoms with Gasteiger partial charge in [-0.25, -0.2) is 12.8 Å². The predicted molar refractivity (Wildman–Crippen MR) is 109 cm³/mol. The zero-order valence-corrected chi connectivity index (χ0v) is 17.5. The Kier molecular flexibility index (Phi) is 6.77. The van der Waals surface area contributed by atoms with Crippen LogP contribution in [0.25, 0.3) is 0 Å². The van der Waals surface area contributed by atoms with Gasteiger partial charge in [-0.1, -0.05) is 18.0 Å². The molecule has 0 radical (unpaired) electrons. The summed E-state index contributed by atoms with van der Waals surface area (Å²) in [6, 6.07) is 9.10. The van der Waals surface area contributed by atoms with Crippen LogP contribution >= 0.6 is 11.6 Å². The van der Waals surface area contributed by atoms with Crippen LogP contribution in [0.5, 0.6) is 5.75 Å². The summed E-state index contributed by atoms with van der Waals surface area (Å²) in [6.07, 6.45) is 2.10. The number of benzene rings is 2. The number of methoxy groups -OCH3 is 1. The lowest BCUT2D eigenvalue weighted by molar-refractivity contribution is -0.117. The van der Waals surface area contributed by atoms with Gasteiger partial charge < -0.3 is 10.1 Å². The second-order valence-corrected chi connectivity index (χ2v) is 9.14. The number of ether oxygens (including phenoxy) is 1. The fourth-order valence-electron chi connectivity index (χ4n) is 3.43. The minimum absolute atomic E-state index is 0.00388. The first-order chi connectivity index (χ1) is 13.8. The second-order valence-electron chi connectivity index (χ2n) is 6.82. The van der Waals surface area contributed by atoms with Gasteiger partial charge in [-0.15, -0.1) is 0 Å². The summed E-state index contributed by atoms with van der Waals surface area (Å²) in [7, 11) is -2.34. The van der Waals surface area contributed by atoms with Crippen molar-refractivity contribution in [2.45, 2.75) is 36.6 Å². The van der Waals surface area contributed by atoms with Crippen molar-refractivity contribution in [1.82, 2.24) is 4.31 Å². The van der Waals surface area contributed by atoms with E-state index in [0.29, 0.717) is 35.8 Å². The van der Waals surface area contributed by atoms with Gasteiger partial charge in [0.2, 0.25) is 15.9 Å². The summed E-state index contributed by atoms with van der Waals surface area (Å²) in [5, 5.41) is 3.19. The molecule has 1 N–H and O–H groups in total. The Balaban J connectivity index is 1.77. The first-order valence-electron chi connectivity index (χ1n) is 9.22. The number of carbonyl (C=O) groups is 1. The molecular formula is C20H22ClFN2O4S. The molecule has 1 aliphatic rings. The molecule has 6 nitrogen and oxygen atoms in total. The lowest BCUT2D eigenvalue weighted by Crippen LogP contribution is -2.45. The molecule has 1 aliphatic heterocycles. The van der Waals surface area contributed by atoms with Crippen LogP contribution in [-0.2, 0) is 14.8 Å². The summed E-state index contributed by atoms with van der Waals surface area (Å²) in [5.41, 5.74) is 0.425. The smallest absolute Gasteiger partial charge is 0.243 e. The number of nitrogens with zero attached hydrogens (tertiary/aromatic N) is 1. The van der Waals surface area contributed by atoms with E-state index in [4.69, 9.17) is 16.3 Å². The number of carbonyl (C=O) groups excluding carboxylic acids is 1. The summed E-state index contributed by atoms with van der Waals surface area (Å²) in [5.74, 6) is -0.382. The fraction of sp³-hybridized carbons (Fsp3) is 0.350. The minimum atomic E-state index is -3.83. The quantitative estimate of drug-likeness (QED) is 0.735. The zero-order valence-electron chi connectivity index (χ0n) is 15.9. The van der Waals surface area contributed by atoms with Crippen molar-refractivity contribution in [1.29, 1.82) is 0 Å². The van der Waals surface area contributed by atoms with E-state index in [9.17, 15) is 17.6 Å². The normalized spacial score (nSPS) is 17.7. The first-order valence-corrected chi connectivity index (χ1v) is 11.0. The molecule has 1 amide bonds. The molecule has 156 valence electrons. The number of sulfonamides is 1. The third-order valence-corrected chi connectivity index (χ3v) is 7.05. The van der Waals surface area contributed by atoms with Crippen LogP contribution in [0.3, 0.4) is 0 Å². The molecule has 1 atom stereocenters. The van der Waals surface area contributed by atoms with Crippen LogP contribution in [0.15, 0.2) is 47.4 Å². The van der Waals surface area contributed by atoms with Gasteiger partial charge in [0.25, 0.3) is 0 Å². The van der Waals surface area contributed by atoms with Crippen LogP contribution in [0, 0.1) is 5.82 Å². The number of nitrogens with one attached hydrogen (secondary N) is 1. The van der Waals surface area contributed by atoms with Crippen LogP contribution in [-0.4, -0.2) is 38.3 Å². The molecule has 0 aliphatic carbocycles. The number of rotatable bonds is 6. The first kappa shape index (κ1) is 21.5. The average Bonchev–Trinajstić information content (AvgIpc) is 2.69. The van der Waals surface area contributed by atoms with Crippen LogP contribution in [0.4, 0.5) is 10.1 Å². The molecule has 1 heterocycles. The molecule has 29 heavy (non-hydrogen) atoms. The van der Waals surface area contributed by atoms with E-state index in [1.807, 2.05) is 0 Å². The maximum Gasteiger partial charge on any atom is 0.243 e. The Morgan fingerprint density at radius 3 is 2.66 bits per heavy atom. The Morgan fingerprint density at radius 2 is 1.97 bits per heavy atom. The third-order valence-electron chi connectivity index (χ3n) is 4.85. The summed E-state index contributed by atoms with van der Waals surface area (Å²) in [6.45, 7) is 0.318. The molecule has 1 fully saturated rings. The number of hydrogen-bond donors (Lipinski definition) is 1. The van der Waals surface area contributed by atoms with E-state index in [0.717, 1.165) is 18.6 Å². The van der Waals surface area contributed by atoms with Gasteiger partial charge in [-0.05, 0) is 55.3 Å². The Morgan fingerprint density at radius 1 is 1.24 bits per heavy atom. The molecule has 0 aromatic heterocycles. The molecule has 3 rings (SSSR count). The van der Waals surface area contributed by atoms with Gasteiger partial charge in [0, 0.05) is 24.0 Å². The third kappa shape index (κ3) is 5.07. The molecule has 0 unspecified atom stereocenters. The van der Waals surface area contributed by atoms with E-state index in [1.165, 1.54) is 23.5 Å². The SMILES string of the molecule is COc1ccc(Cl)cc1NC(=O)C[C@@H]1CCCCN1S(=O)(=O)c1ccc(F)cc1. The molecule has 0 bridgehead atoms. The highest BCUT2D eigenvalue weighted by Gasteiger charge is 2.34. The molecule has 9 heteroatoms. The van der Waals surface area contributed by atoms with Gasteiger partial charge >= 0.3 is 0 Å². The highest BCUT2D eigenvalue weighted by molar-refractivity contribution is 7.89. The van der Waals surface area contributed by atoms with Gasteiger partial charge in [-0.2, -0.15) is 4.31 Å². The second kappa shape index (κ2) is 9.11.